The molecule has 0 atom stereocenters. The van der Waals surface area contributed by atoms with Crippen LogP contribution >= 0.6 is 0 Å². The molecule has 0 aromatic carbocycles. The van der Waals surface area contributed by atoms with E-state index in [9.17, 15) is 4.79 Å². The van der Waals surface area contributed by atoms with Crippen molar-refractivity contribution in [3.05, 3.63) is 11.6 Å². The molecule has 0 aliphatic carbocycles. The Labute approximate surface area is 105 Å². The van der Waals surface area contributed by atoms with Crippen molar-refractivity contribution in [1.29, 1.82) is 0 Å². The van der Waals surface area contributed by atoms with E-state index in [4.69, 9.17) is 13.3 Å². The second kappa shape index (κ2) is 10.5. The molecule has 0 spiro atoms. The minimum Gasteiger partial charge on any atom is -0.458 e. The van der Waals surface area contributed by atoms with Gasteiger partial charge >= 0.3 is 15.5 Å². The average molecular weight is 262 g/mol. The van der Waals surface area contributed by atoms with E-state index in [0.29, 0.717) is 26.4 Å². The largest absolute Gasteiger partial charge is 0.484 e. The lowest BCUT2D eigenvalue weighted by molar-refractivity contribution is -0.135. The number of ether oxygens (including phenoxy) is 1. The van der Waals surface area contributed by atoms with Crippen LogP contribution in [-0.4, -0.2) is 41.9 Å². The van der Waals surface area contributed by atoms with Gasteiger partial charge in [0.05, 0.1) is 0 Å². The Morgan fingerprint density at radius 3 is 1.82 bits per heavy atom. The summed E-state index contributed by atoms with van der Waals surface area (Å²) < 4.78 is 20.2. The SMILES string of the molecule is CC1=CCOC1=O.CCO[SiH](OCC)OCC. The van der Waals surface area contributed by atoms with Crippen LogP contribution in [-0.2, 0) is 22.8 Å². The van der Waals surface area contributed by atoms with E-state index < -0.39 is 9.53 Å². The molecular formula is C11H22O5Si. The summed E-state index contributed by atoms with van der Waals surface area (Å²) in [6.07, 6.45) is 1.77. The minimum atomic E-state index is -1.73. The van der Waals surface area contributed by atoms with Crippen LogP contribution in [0.2, 0.25) is 0 Å². The molecule has 0 saturated carbocycles. The Morgan fingerprint density at radius 2 is 1.65 bits per heavy atom. The van der Waals surface area contributed by atoms with Crippen LogP contribution in [0, 0.1) is 0 Å². The van der Waals surface area contributed by atoms with Gasteiger partial charge in [-0.15, -0.1) is 0 Å². The van der Waals surface area contributed by atoms with Crippen LogP contribution in [0.3, 0.4) is 0 Å². The first-order valence-corrected chi connectivity index (χ1v) is 7.25. The van der Waals surface area contributed by atoms with Gasteiger partial charge in [0.25, 0.3) is 0 Å². The van der Waals surface area contributed by atoms with Crippen molar-refractivity contribution in [1.82, 2.24) is 0 Å². The first-order chi connectivity index (χ1) is 8.15. The Hall–Kier alpha value is -0.693. The molecule has 6 heteroatoms. The zero-order valence-corrected chi connectivity index (χ0v) is 12.2. The molecule has 1 aliphatic rings. The van der Waals surface area contributed by atoms with Crippen molar-refractivity contribution in [3.63, 3.8) is 0 Å². The van der Waals surface area contributed by atoms with Crippen LogP contribution in [0.25, 0.3) is 0 Å². The van der Waals surface area contributed by atoms with Gasteiger partial charge in [0, 0.05) is 25.4 Å². The van der Waals surface area contributed by atoms with E-state index in [1.54, 1.807) is 13.0 Å². The summed E-state index contributed by atoms with van der Waals surface area (Å²) >= 11 is 0. The van der Waals surface area contributed by atoms with Gasteiger partial charge in [-0.1, -0.05) is 0 Å². The fourth-order valence-electron chi connectivity index (χ4n) is 0.992. The van der Waals surface area contributed by atoms with Gasteiger partial charge in [0.1, 0.15) is 6.61 Å². The zero-order chi connectivity index (χ0) is 13.1. The number of carbonyl (C=O) groups excluding carboxylic acids is 1. The quantitative estimate of drug-likeness (QED) is 0.533. The standard InChI is InChI=1S/C6H16O3Si.C5H6O2/c1-4-7-10(8-5-2)9-6-3;1-4-2-3-7-5(4)6/h10H,4-6H2,1-3H3;2H,3H2,1H3. The predicted molar refractivity (Wildman–Crippen MR) is 66.7 cm³/mol. The van der Waals surface area contributed by atoms with Crippen LogP contribution in [0.5, 0.6) is 0 Å². The van der Waals surface area contributed by atoms with Crippen molar-refractivity contribution < 1.29 is 22.8 Å². The first kappa shape index (κ1) is 16.3. The molecule has 0 unspecified atom stereocenters. The van der Waals surface area contributed by atoms with Crippen molar-refractivity contribution >= 4 is 15.5 Å². The van der Waals surface area contributed by atoms with Crippen molar-refractivity contribution in [2.75, 3.05) is 26.4 Å². The van der Waals surface area contributed by atoms with Gasteiger partial charge in [-0.05, 0) is 33.8 Å². The maximum Gasteiger partial charge on any atom is 0.484 e. The maximum atomic E-state index is 10.3. The van der Waals surface area contributed by atoms with Crippen LogP contribution in [0.1, 0.15) is 27.7 Å². The molecule has 1 aliphatic heterocycles. The first-order valence-electron chi connectivity index (χ1n) is 5.84. The lowest BCUT2D eigenvalue weighted by Crippen LogP contribution is -2.27. The molecule has 100 valence electrons. The third-order valence-corrected chi connectivity index (χ3v) is 3.65. The number of hydrogen-bond acceptors (Lipinski definition) is 5. The molecule has 0 aromatic rings. The topological polar surface area (TPSA) is 54.0 Å². The molecule has 0 amide bonds. The lowest BCUT2D eigenvalue weighted by atomic mass is 10.3. The summed E-state index contributed by atoms with van der Waals surface area (Å²) in [6, 6.07) is 0. The monoisotopic (exact) mass is 262 g/mol. The summed E-state index contributed by atoms with van der Waals surface area (Å²) in [6.45, 7) is 10.1. The molecule has 0 bridgehead atoms. The molecule has 5 nitrogen and oxygen atoms in total. The number of hydrogen-bond donors (Lipinski definition) is 0. The Kier molecular flexibility index (Phi) is 10.0. The van der Waals surface area contributed by atoms with E-state index in [1.165, 1.54) is 0 Å². The highest BCUT2D eigenvalue weighted by Crippen LogP contribution is 2.02. The fourth-order valence-corrected chi connectivity index (χ4v) is 2.10. The normalized spacial score (nSPS) is 14.2. The third kappa shape index (κ3) is 8.09. The molecule has 0 aromatic heterocycles. The molecule has 0 fully saturated rings. The minimum absolute atomic E-state index is 0.181. The van der Waals surface area contributed by atoms with Crippen LogP contribution < -0.4 is 0 Å². The summed E-state index contributed by atoms with van der Waals surface area (Å²) in [5, 5.41) is 0. The third-order valence-electron chi connectivity index (χ3n) is 1.83. The molecule has 1 heterocycles. The number of carbonyl (C=O) groups is 1. The molecule has 0 radical (unpaired) electrons. The second-order valence-corrected chi connectivity index (χ2v) is 4.72. The summed E-state index contributed by atoms with van der Waals surface area (Å²) in [4.78, 5) is 10.3. The van der Waals surface area contributed by atoms with E-state index in [2.05, 4.69) is 4.74 Å². The van der Waals surface area contributed by atoms with Crippen LogP contribution in [0.15, 0.2) is 11.6 Å². The summed E-state index contributed by atoms with van der Waals surface area (Å²) in [7, 11) is -1.73. The highest BCUT2D eigenvalue weighted by molar-refractivity contribution is 6.36. The number of cyclic esters (lactones) is 1. The predicted octanol–water partition coefficient (Wildman–Crippen LogP) is 1.30. The Bertz CT molecular complexity index is 228. The van der Waals surface area contributed by atoms with E-state index >= 15 is 0 Å². The zero-order valence-electron chi connectivity index (χ0n) is 11.0. The van der Waals surface area contributed by atoms with Crippen molar-refractivity contribution in [2.45, 2.75) is 27.7 Å². The number of rotatable bonds is 6. The van der Waals surface area contributed by atoms with Gasteiger partial charge < -0.3 is 18.0 Å². The Balaban J connectivity index is 0.000000318. The van der Waals surface area contributed by atoms with Crippen LogP contribution in [0.4, 0.5) is 0 Å². The van der Waals surface area contributed by atoms with E-state index in [0.717, 1.165) is 5.57 Å². The number of esters is 1. The average Bonchev–Trinajstić information content (AvgIpc) is 2.65. The summed E-state index contributed by atoms with van der Waals surface area (Å²) in [5.41, 5.74) is 0.722. The summed E-state index contributed by atoms with van der Waals surface area (Å²) in [5.74, 6) is -0.181. The van der Waals surface area contributed by atoms with Crippen molar-refractivity contribution in [3.8, 4) is 0 Å². The van der Waals surface area contributed by atoms with E-state index in [-0.39, 0.29) is 5.97 Å². The highest BCUT2D eigenvalue weighted by atomic mass is 28.3. The maximum absolute atomic E-state index is 10.3. The van der Waals surface area contributed by atoms with Gasteiger partial charge in [-0.3, -0.25) is 0 Å². The molecule has 0 N–H and O–H groups in total. The molecular weight excluding hydrogens is 240 g/mol. The van der Waals surface area contributed by atoms with Gasteiger partial charge in [-0.2, -0.15) is 0 Å². The second-order valence-electron chi connectivity index (χ2n) is 3.14. The Morgan fingerprint density at radius 1 is 1.18 bits per heavy atom. The van der Waals surface area contributed by atoms with Gasteiger partial charge in [-0.25, -0.2) is 4.79 Å². The molecule has 0 saturated heterocycles. The smallest absolute Gasteiger partial charge is 0.458 e. The van der Waals surface area contributed by atoms with E-state index in [1.807, 2.05) is 20.8 Å². The lowest BCUT2D eigenvalue weighted by Gasteiger charge is -2.12. The van der Waals surface area contributed by atoms with Gasteiger partial charge in [0.2, 0.25) is 0 Å². The fraction of sp³-hybridized carbons (Fsp3) is 0.727. The molecule has 17 heavy (non-hydrogen) atoms. The molecule has 1 rings (SSSR count). The van der Waals surface area contributed by atoms with Gasteiger partial charge in [0.15, 0.2) is 0 Å². The van der Waals surface area contributed by atoms with Crippen molar-refractivity contribution in [2.24, 2.45) is 0 Å². The highest BCUT2D eigenvalue weighted by Gasteiger charge is 2.11.